The smallest absolute Gasteiger partial charge is 0.410 e. The van der Waals surface area contributed by atoms with E-state index in [1.807, 2.05) is 6.92 Å². The molecule has 0 spiro atoms. The number of ether oxygens (including phenoxy) is 2. The van der Waals surface area contributed by atoms with E-state index in [1.165, 1.54) is 20.3 Å². The minimum Gasteiger partial charge on any atom is -0.493 e. The van der Waals surface area contributed by atoms with Gasteiger partial charge in [0.05, 0.1) is 20.3 Å². The van der Waals surface area contributed by atoms with Gasteiger partial charge in [-0.05, 0) is 43.4 Å². The number of carbonyl (C=O) groups excluding carboxylic acids is 1. The Bertz CT molecular complexity index is 1020. The number of carbonyl (C=O) groups is 1. The number of benzene rings is 1. The first-order valence-electron chi connectivity index (χ1n) is 11.1. The van der Waals surface area contributed by atoms with Crippen molar-refractivity contribution in [3.63, 3.8) is 0 Å². The molecule has 180 valence electrons. The number of hydrogen-bond acceptors (Lipinski definition) is 5. The van der Waals surface area contributed by atoms with Gasteiger partial charge in [0.2, 0.25) is 0 Å². The SMILES string of the molecule is COc1ccc([C@H]2C[C@@H](C(F)(F)F)n3nc(C(=O)N4C[C@@H](C)CC[C@H]4C)cc3N2)cc1OC. The zero-order valence-electron chi connectivity index (χ0n) is 19.1. The summed E-state index contributed by atoms with van der Waals surface area (Å²) in [6.07, 6.45) is -2.90. The van der Waals surface area contributed by atoms with Gasteiger partial charge < -0.3 is 19.7 Å². The van der Waals surface area contributed by atoms with Crippen LogP contribution in [0.1, 0.15) is 61.2 Å². The standard InChI is InChI=1S/C23H29F3N4O3/c1-13-5-6-14(2)29(12-13)22(31)17-11-21-27-16(10-20(23(24,25)26)30(21)28-17)15-7-8-18(32-3)19(9-15)33-4/h7-9,11,13-14,16,20,27H,5-6,10,12H2,1-4H3/t13-,14+,16+,20-/m0/s1. The van der Waals surface area contributed by atoms with Gasteiger partial charge in [0.25, 0.3) is 5.91 Å². The Kier molecular flexibility index (Phi) is 6.20. The molecule has 0 radical (unpaired) electrons. The van der Waals surface area contributed by atoms with Gasteiger partial charge in [-0.25, -0.2) is 4.68 Å². The third kappa shape index (κ3) is 4.47. The van der Waals surface area contributed by atoms with Crippen molar-refractivity contribution in [2.75, 3.05) is 26.1 Å². The van der Waals surface area contributed by atoms with E-state index in [4.69, 9.17) is 9.47 Å². The number of anilines is 1. The van der Waals surface area contributed by atoms with Crippen molar-refractivity contribution < 1.29 is 27.4 Å². The Morgan fingerprint density at radius 2 is 1.85 bits per heavy atom. The van der Waals surface area contributed by atoms with E-state index in [-0.39, 0.29) is 29.9 Å². The Hall–Kier alpha value is -2.91. The summed E-state index contributed by atoms with van der Waals surface area (Å²) in [5.74, 6) is 1.11. The van der Waals surface area contributed by atoms with Gasteiger partial charge in [0, 0.05) is 25.1 Å². The van der Waals surface area contributed by atoms with Crippen LogP contribution in [-0.2, 0) is 0 Å². The van der Waals surface area contributed by atoms with E-state index in [2.05, 4.69) is 17.3 Å². The van der Waals surface area contributed by atoms with Crippen LogP contribution < -0.4 is 14.8 Å². The van der Waals surface area contributed by atoms with Crippen LogP contribution in [0.4, 0.5) is 19.0 Å². The highest BCUT2D eigenvalue weighted by Gasteiger charge is 2.47. The number of alkyl halides is 3. The lowest BCUT2D eigenvalue weighted by Crippen LogP contribution is -2.45. The molecule has 2 aliphatic rings. The predicted molar refractivity (Wildman–Crippen MR) is 117 cm³/mol. The maximum absolute atomic E-state index is 14.0. The molecule has 10 heteroatoms. The summed E-state index contributed by atoms with van der Waals surface area (Å²) in [5.41, 5.74) is 0.654. The third-order valence-corrected chi connectivity index (χ3v) is 6.60. The van der Waals surface area contributed by atoms with E-state index in [0.717, 1.165) is 17.5 Å². The molecular weight excluding hydrogens is 437 g/mol. The second kappa shape index (κ2) is 8.79. The van der Waals surface area contributed by atoms with E-state index in [0.29, 0.717) is 29.5 Å². The van der Waals surface area contributed by atoms with Gasteiger partial charge >= 0.3 is 6.18 Å². The van der Waals surface area contributed by atoms with Gasteiger partial charge in [-0.3, -0.25) is 4.79 Å². The van der Waals surface area contributed by atoms with Gasteiger partial charge in [0.1, 0.15) is 5.82 Å². The zero-order chi connectivity index (χ0) is 23.9. The van der Waals surface area contributed by atoms with Gasteiger partial charge in [0.15, 0.2) is 23.2 Å². The van der Waals surface area contributed by atoms with Crippen molar-refractivity contribution >= 4 is 11.7 Å². The molecule has 2 aromatic rings. The first-order valence-corrected chi connectivity index (χ1v) is 11.1. The third-order valence-electron chi connectivity index (χ3n) is 6.60. The fourth-order valence-corrected chi connectivity index (χ4v) is 4.68. The van der Waals surface area contributed by atoms with Crippen LogP contribution >= 0.6 is 0 Å². The van der Waals surface area contributed by atoms with Gasteiger partial charge in [-0.1, -0.05) is 13.0 Å². The molecule has 1 N–H and O–H groups in total. The minimum absolute atomic E-state index is 0.0262. The highest BCUT2D eigenvalue weighted by Crippen LogP contribution is 2.44. The molecule has 0 unspecified atom stereocenters. The average Bonchev–Trinajstić information content (AvgIpc) is 3.22. The summed E-state index contributed by atoms with van der Waals surface area (Å²) in [5, 5.41) is 7.26. The molecule has 1 fully saturated rings. The molecule has 2 aliphatic heterocycles. The average molecular weight is 467 g/mol. The second-order valence-corrected chi connectivity index (χ2v) is 8.95. The number of nitrogens with zero attached hydrogens (tertiary/aromatic N) is 3. The molecule has 0 saturated carbocycles. The molecule has 0 bridgehead atoms. The Labute approximate surface area is 190 Å². The zero-order valence-corrected chi connectivity index (χ0v) is 19.1. The van der Waals surface area contributed by atoms with Crippen LogP contribution in [0.15, 0.2) is 24.3 Å². The number of amides is 1. The molecule has 4 rings (SSSR count). The number of aromatic nitrogens is 2. The van der Waals surface area contributed by atoms with Crippen molar-refractivity contribution in [3.8, 4) is 11.5 Å². The Morgan fingerprint density at radius 3 is 2.52 bits per heavy atom. The number of piperidine rings is 1. The lowest BCUT2D eigenvalue weighted by molar-refractivity contribution is -0.173. The fourth-order valence-electron chi connectivity index (χ4n) is 4.68. The van der Waals surface area contributed by atoms with Crippen molar-refractivity contribution in [1.82, 2.24) is 14.7 Å². The predicted octanol–water partition coefficient (Wildman–Crippen LogP) is 4.82. The lowest BCUT2D eigenvalue weighted by atomic mass is 9.95. The van der Waals surface area contributed by atoms with E-state index < -0.39 is 18.3 Å². The monoisotopic (exact) mass is 466 g/mol. The summed E-state index contributed by atoms with van der Waals surface area (Å²) < 4.78 is 53.5. The highest BCUT2D eigenvalue weighted by molar-refractivity contribution is 5.93. The van der Waals surface area contributed by atoms with Crippen molar-refractivity contribution in [3.05, 3.63) is 35.5 Å². The summed E-state index contributed by atoms with van der Waals surface area (Å²) in [4.78, 5) is 14.9. The van der Waals surface area contributed by atoms with Crippen LogP contribution in [0, 0.1) is 5.92 Å². The van der Waals surface area contributed by atoms with Gasteiger partial charge in [-0.2, -0.15) is 18.3 Å². The Balaban J connectivity index is 1.67. The number of halogens is 3. The number of hydrogen-bond donors (Lipinski definition) is 1. The maximum atomic E-state index is 14.0. The summed E-state index contributed by atoms with van der Waals surface area (Å²) >= 11 is 0. The van der Waals surface area contributed by atoms with Crippen molar-refractivity contribution in [2.24, 2.45) is 5.92 Å². The second-order valence-electron chi connectivity index (χ2n) is 8.95. The van der Waals surface area contributed by atoms with Crippen LogP contribution in [0.3, 0.4) is 0 Å². The topological polar surface area (TPSA) is 68.6 Å². The number of methoxy groups -OCH3 is 2. The largest absolute Gasteiger partial charge is 0.493 e. The molecule has 3 heterocycles. The van der Waals surface area contributed by atoms with Gasteiger partial charge in [-0.15, -0.1) is 0 Å². The van der Waals surface area contributed by atoms with Crippen LogP contribution in [-0.4, -0.2) is 53.6 Å². The van der Waals surface area contributed by atoms with Crippen LogP contribution in [0.25, 0.3) is 0 Å². The lowest BCUT2D eigenvalue weighted by Gasteiger charge is -2.36. The quantitative estimate of drug-likeness (QED) is 0.700. The van der Waals surface area contributed by atoms with Crippen LogP contribution in [0.5, 0.6) is 11.5 Å². The molecule has 1 saturated heterocycles. The number of nitrogens with one attached hydrogen (secondary N) is 1. The van der Waals surface area contributed by atoms with E-state index in [9.17, 15) is 18.0 Å². The minimum atomic E-state index is -4.52. The molecular formula is C23H29F3N4O3. The van der Waals surface area contributed by atoms with E-state index in [1.54, 1.807) is 23.1 Å². The summed E-state index contributed by atoms with van der Waals surface area (Å²) in [6, 6.07) is 4.00. The Morgan fingerprint density at radius 1 is 1.12 bits per heavy atom. The summed E-state index contributed by atoms with van der Waals surface area (Å²) in [6.45, 7) is 4.61. The normalized spacial score (nSPS) is 25.2. The first-order chi connectivity index (χ1) is 15.6. The van der Waals surface area contributed by atoms with E-state index >= 15 is 0 Å². The number of fused-ring (bicyclic) bond motifs is 1. The van der Waals surface area contributed by atoms with Crippen molar-refractivity contribution in [1.29, 1.82) is 0 Å². The fraction of sp³-hybridized carbons (Fsp3) is 0.565. The molecule has 7 nitrogen and oxygen atoms in total. The van der Waals surface area contributed by atoms with Crippen molar-refractivity contribution in [2.45, 2.75) is 57.4 Å². The maximum Gasteiger partial charge on any atom is 0.410 e. The molecule has 4 atom stereocenters. The molecule has 1 aromatic carbocycles. The first kappa shape index (κ1) is 23.3. The molecule has 33 heavy (non-hydrogen) atoms. The van der Waals surface area contributed by atoms with Crippen LogP contribution in [0.2, 0.25) is 0 Å². The molecule has 1 amide bonds. The summed E-state index contributed by atoms with van der Waals surface area (Å²) in [7, 11) is 2.97. The number of likely N-dealkylation sites (tertiary alicyclic amines) is 1. The number of rotatable bonds is 4. The highest BCUT2D eigenvalue weighted by atomic mass is 19.4. The molecule has 0 aliphatic carbocycles. The molecule has 1 aromatic heterocycles.